The number of rotatable bonds is 1. The number of nitrogens with zero attached hydrogens (tertiary/aromatic N) is 3. The van der Waals surface area contributed by atoms with Crippen LogP contribution in [-0.4, -0.2) is 15.2 Å². The highest BCUT2D eigenvalue weighted by molar-refractivity contribution is 7.18. The minimum Gasteiger partial charge on any atom is -0.443 e. The lowest BCUT2D eigenvalue weighted by Gasteiger charge is -1.80. The van der Waals surface area contributed by atoms with E-state index >= 15 is 0 Å². The third-order valence-corrected chi connectivity index (χ3v) is 1.80. The van der Waals surface area contributed by atoms with Crippen molar-refractivity contribution >= 4 is 16.5 Å². The summed E-state index contributed by atoms with van der Waals surface area (Å²) < 4.78 is 4.97. The van der Waals surface area contributed by atoms with E-state index in [-0.39, 0.29) is 0 Å². The fourth-order valence-corrected chi connectivity index (χ4v) is 1.20. The van der Waals surface area contributed by atoms with Crippen LogP contribution in [0.1, 0.15) is 0 Å². The van der Waals surface area contributed by atoms with Crippen molar-refractivity contribution in [3.05, 3.63) is 12.5 Å². The molecule has 2 N–H and O–H groups in total. The highest BCUT2D eigenvalue weighted by Gasteiger charge is 2.07. The van der Waals surface area contributed by atoms with Crippen molar-refractivity contribution < 1.29 is 4.42 Å². The van der Waals surface area contributed by atoms with E-state index in [4.69, 9.17) is 10.2 Å². The molecule has 0 saturated carbocycles. The van der Waals surface area contributed by atoms with E-state index in [0.717, 1.165) is 0 Å². The molecule has 0 saturated heterocycles. The van der Waals surface area contributed by atoms with Gasteiger partial charge in [-0.3, -0.25) is 0 Å². The van der Waals surface area contributed by atoms with E-state index < -0.39 is 0 Å². The van der Waals surface area contributed by atoms with Crippen LogP contribution in [-0.2, 0) is 0 Å². The lowest BCUT2D eigenvalue weighted by Crippen LogP contribution is -1.80. The first-order chi connectivity index (χ1) is 5.36. The van der Waals surface area contributed by atoms with Crippen molar-refractivity contribution in [1.29, 1.82) is 0 Å². The second-order valence-corrected chi connectivity index (χ2v) is 2.79. The SMILES string of the molecule is Nc1nnc(-c2ncco2)s1. The Morgan fingerprint density at radius 1 is 1.45 bits per heavy atom. The minimum atomic E-state index is 0.415. The number of hydrogen-bond acceptors (Lipinski definition) is 6. The molecule has 0 spiro atoms. The molecule has 2 heterocycles. The molecule has 56 valence electrons. The summed E-state index contributed by atoms with van der Waals surface area (Å²) in [7, 11) is 0. The first-order valence-corrected chi connectivity index (χ1v) is 3.67. The van der Waals surface area contributed by atoms with Crippen LogP contribution in [0.2, 0.25) is 0 Å². The summed E-state index contributed by atoms with van der Waals surface area (Å²) >= 11 is 1.24. The third-order valence-electron chi connectivity index (χ3n) is 1.06. The Morgan fingerprint density at radius 2 is 2.36 bits per heavy atom. The predicted octanol–water partition coefficient (Wildman–Crippen LogP) is 0.775. The molecule has 0 aromatic carbocycles. The molecule has 0 aliphatic heterocycles. The normalized spacial score (nSPS) is 10.2. The zero-order valence-corrected chi connectivity index (χ0v) is 6.21. The van der Waals surface area contributed by atoms with Gasteiger partial charge in [-0.15, -0.1) is 10.2 Å². The maximum Gasteiger partial charge on any atom is 0.257 e. The first-order valence-electron chi connectivity index (χ1n) is 2.85. The van der Waals surface area contributed by atoms with Gasteiger partial charge >= 0.3 is 0 Å². The standard InChI is InChI=1S/C5H4N4OS/c6-5-9-8-4(11-5)3-7-1-2-10-3/h1-2H,(H2,6,9). The van der Waals surface area contributed by atoms with Gasteiger partial charge in [-0.2, -0.15) is 0 Å². The molecular weight excluding hydrogens is 164 g/mol. The van der Waals surface area contributed by atoms with Crippen molar-refractivity contribution in [3.63, 3.8) is 0 Å². The van der Waals surface area contributed by atoms with Crippen LogP contribution in [0.4, 0.5) is 5.13 Å². The van der Waals surface area contributed by atoms with E-state index in [9.17, 15) is 0 Å². The molecule has 0 bridgehead atoms. The Hall–Kier alpha value is -1.43. The van der Waals surface area contributed by atoms with Crippen LogP contribution < -0.4 is 5.73 Å². The van der Waals surface area contributed by atoms with Crippen molar-refractivity contribution in [2.75, 3.05) is 5.73 Å². The lowest BCUT2D eigenvalue weighted by molar-refractivity contribution is 0.573. The van der Waals surface area contributed by atoms with E-state index in [1.807, 2.05) is 0 Å². The molecule has 0 aliphatic rings. The highest BCUT2D eigenvalue weighted by Crippen LogP contribution is 2.21. The fourth-order valence-electron chi connectivity index (χ4n) is 0.650. The van der Waals surface area contributed by atoms with Gasteiger partial charge in [-0.25, -0.2) is 4.98 Å². The molecule has 2 aromatic heterocycles. The molecule has 0 fully saturated rings. The number of hydrogen-bond donors (Lipinski definition) is 1. The van der Waals surface area contributed by atoms with Crippen molar-refractivity contribution in [3.8, 4) is 10.9 Å². The number of aromatic nitrogens is 3. The molecule has 5 nitrogen and oxygen atoms in total. The average Bonchev–Trinajstić information content (AvgIpc) is 2.55. The van der Waals surface area contributed by atoms with Gasteiger partial charge in [0, 0.05) is 0 Å². The number of nitrogen functional groups attached to an aromatic ring is 1. The molecule has 0 atom stereocenters. The highest BCUT2D eigenvalue weighted by atomic mass is 32.1. The average molecular weight is 168 g/mol. The zero-order chi connectivity index (χ0) is 7.68. The predicted molar refractivity (Wildman–Crippen MR) is 39.8 cm³/mol. The summed E-state index contributed by atoms with van der Waals surface area (Å²) in [5.74, 6) is 0.458. The molecule has 0 amide bonds. The summed E-state index contributed by atoms with van der Waals surface area (Å²) in [4.78, 5) is 3.89. The first kappa shape index (κ1) is 6.29. The Kier molecular flexibility index (Phi) is 1.32. The van der Waals surface area contributed by atoms with Crippen LogP contribution in [0.15, 0.2) is 16.9 Å². The second-order valence-electron chi connectivity index (χ2n) is 1.78. The molecule has 0 aliphatic carbocycles. The van der Waals surface area contributed by atoms with Crippen LogP contribution >= 0.6 is 11.3 Å². The third kappa shape index (κ3) is 1.07. The number of nitrogens with two attached hydrogens (primary N) is 1. The Balaban J connectivity index is 2.45. The van der Waals surface area contributed by atoms with Gasteiger partial charge in [0.25, 0.3) is 5.89 Å². The van der Waals surface area contributed by atoms with Crippen molar-refractivity contribution in [1.82, 2.24) is 15.2 Å². The van der Waals surface area contributed by atoms with Gasteiger partial charge in [0.05, 0.1) is 6.20 Å². The van der Waals surface area contributed by atoms with Gasteiger partial charge in [0.2, 0.25) is 10.1 Å². The van der Waals surface area contributed by atoms with E-state index in [0.29, 0.717) is 16.0 Å². The van der Waals surface area contributed by atoms with Gasteiger partial charge in [0.1, 0.15) is 6.26 Å². The van der Waals surface area contributed by atoms with Gasteiger partial charge in [-0.1, -0.05) is 11.3 Å². The molecule has 2 aromatic rings. The Morgan fingerprint density at radius 3 is 2.91 bits per heavy atom. The molecule has 0 unspecified atom stereocenters. The monoisotopic (exact) mass is 168 g/mol. The fraction of sp³-hybridized carbons (Fsp3) is 0. The van der Waals surface area contributed by atoms with Crippen LogP contribution in [0.5, 0.6) is 0 Å². The molecule has 0 radical (unpaired) electrons. The van der Waals surface area contributed by atoms with E-state index in [1.54, 1.807) is 6.20 Å². The zero-order valence-electron chi connectivity index (χ0n) is 5.39. The maximum absolute atomic E-state index is 5.36. The summed E-state index contributed by atoms with van der Waals surface area (Å²) in [6.45, 7) is 0. The smallest absolute Gasteiger partial charge is 0.257 e. The second kappa shape index (κ2) is 2.31. The molecule has 6 heteroatoms. The maximum atomic E-state index is 5.36. The largest absolute Gasteiger partial charge is 0.443 e. The van der Waals surface area contributed by atoms with Crippen LogP contribution in [0.25, 0.3) is 10.9 Å². The molecule has 2 rings (SSSR count). The molecular formula is C5H4N4OS. The van der Waals surface area contributed by atoms with E-state index in [2.05, 4.69) is 15.2 Å². The summed E-state index contributed by atoms with van der Waals surface area (Å²) in [6, 6.07) is 0. The van der Waals surface area contributed by atoms with E-state index in [1.165, 1.54) is 17.6 Å². The van der Waals surface area contributed by atoms with Crippen LogP contribution in [0.3, 0.4) is 0 Å². The van der Waals surface area contributed by atoms with Gasteiger partial charge in [0.15, 0.2) is 0 Å². The number of anilines is 1. The van der Waals surface area contributed by atoms with Crippen molar-refractivity contribution in [2.45, 2.75) is 0 Å². The minimum absolute atomic E-state index is 0.415. The van der Waals surface area contributed by atoms with Gasteiger partial charge < -0.3 is 10.2 Å². The Bertz CT molecular complexity index is 341. The molecule has 11 heavy (non-hydrogen) atoms. The number of oxazole rings is 1. The summed E-state index contributed by atoms with van der Waals surface area (Å²) in [6.07, 6.45) is 3.03. The topological polar surface area (TPSA) is 77.8 Å². The quantitative estimate of drug-likeness (QED) is 0.680. The summed E-state index contributed by atoms with van der Waals surface area (Å²) in [5, 5.41) is 8.38. The van der Waals surface area contributed by atoms with Crippen LogP contribution in [0, 0.1) is 0 Å². The Labute approximate surface area is 65.9 Å². The lowest BCUT2D eigenvalue weighted by atomic mass is 10.7. The summed E-state index contributed by atoms with van der Waals surface area (Å²) in [5.41, 5.74) is 5.36. The van der Waals surface area contributed by atoms with Gasteiger partial charge in [-0.05, 0) is 0 Å². The van der Waals surface area contributed by atoms with Crippen molar-refractivity contribution in [2.24, 2.45) is 0 Å².